The number of carbonyl (C=O) groups excluding carboxylic acids is 7. The van der Waals surface area contributed by atoms with E-state index in [1.165, 1.54) is 4.90 Å². The van der Waals surface area contributed by atoms with Crippen LogP contribution in [0.4, 0.5) is 4.79 Å². The van der Waals surface area contributed by atoms with Gasteiger partial charge in [0, 0.05) is 6.54 Å². The fourth-order valence-electron chi connectivity index (χ4n) is 4.82. The van der Waals surface area contributed by atoms with Crippen molar-refractivity contribution < 1.29 is 43.0 Å². The predicted molar refractivity (Wildman–Crippen MR) is 170 cm³/mol. The topological polar surface area (TPSA) is 189 Å². The first kappa shape index (κ1) is 40.3. The van der Waals surface area contributed by atoms with E-state index in [1.54, 1.807) is 62.3 Å². The Morgan fingerprint density at radius 2 is 1.52 bits per heavy atom. The van der Waals surface area contributed by atoms with Gasteiger partial charge >= 0.3 is 12.1 Å². The first-order valence-corrected chi connectivity index (χ1v) is 16.1. The molecule has 1 heterocycles. The van der Waals surface area contributed by atoms with Crippen LogP contribution in [0.5, 0.6) is 0 Å². The van der Waals surface area contributed by atoms with Crippen LogP contribution in [0.1, 0.15) is 101 Å². The molecule has 0 aliphatic carbocycles. The molecule has 5 amide bonds. The van der Waals surface area contributed by atoms with Gasteiger partial charge in [-0.2, -0.15) is 0 Å². The summed E-state index contributed by atoms with van der Waals surface area (Å²) >= 11 is 0. The van der Waals surface area contributed by atoms with Gasteiger partial charge < -0.3 is 35.6 Å². The summed E-state index contributed by atoms with van der Waals surface area (Å²) in [5.41, 5.74) is -1.51. The summed E-state index contributed by atoms with van der Waals surface area (Å²) in [7, 11) is 0. The SMILES string of the molecule is CCCOC(=O)CNC(=O)C(=O)C(CCC)NC(=O)[C@@H]1CCCN1C(=O)[C@@H](NC(=O)[C@@H](NC(=O)OC(C)(C)C)C(C)(C)C)C(C)C. The van der Waals surface area contributed by atoms with Gasteiger partial charge in [-0.1, -0.05) is 54.9 Å². The van der Waals surface area contributed by atoms with Gasteiger partial charge in [-0.05, 0) is 57.8 Å². The van der Waals surface area contributed by atoms with E-state index < -0.39 is 83.2 Å². The maximum absolute atomic E-state index is 13.8. The van der Waals surface area contributed by atoms with Gasteiger partial charge in [0.05, 0.1) is 12.6 Å². The van der Waals surface area contributed by atoms with E-state index in [0.717, 1.165) is 0 Å². The number of nitrogens with one attached hydrogen (secondary N) is 4. The Bertz CT molecular complexity index is 1110. The Hall–Kier alpha value is -3.71. The van der Waals surface area contributed by atoms with Crippen molar-refractivity contribution in [1.29, 1.82) is 0 Å². The molecule has 0 radical (unpaired) electrons. The molecule has 4 atom stereocenters. The molecular formula is C32H55N5O9. The lowest BCUT2D eigenvalue weighted by atomic mass is 9.85. The molecule has 0 aromatic heterocycles. The Morgan fingerprint density at radius 1 is 0.891 bits per heavy atom. The highest BCUT2D eigenvalue weighted by molar-refractivity contribution is 6.38. The number of alkyl carbamates (subject to hydrolysis) is 1. The monoisotopic (exact) mass is 653 g/mol. The number of nitrogens with zero attached hydrogens (tertiary/aromatic N) is 1. The minimum Gasteiger partial charge on any atom is -0.464 e. The molecule has 262 valence electrons. The Balaban J connectivity index is 3.06. The molecule has 0 aromatic carbocycles. The molecule has 4 N–H and O–H groups in total. The minimum atomic E-state index is -1.16. The first-order chi connectivity index (χ1) is 21.2. The van der Waals surface area contributed by atoms with E-state index >= 15 is 0 Å². The second kappa shape index (κ2) is 17.8. The van der Waals surface area contributed by atoms with E-state index in [0.29, 0.717) is 25.7 Å². The summed E-state index contributed by atoms with van der Waals surface area (Å²) in [5.74, 6) is -4.64. The molecule has 1 unspecified atom stereocenters. The lowest BCUT2D eigenvalue weighted by molar-refractivity contribution is -0.146. The van der Waals surface area contributed by atoms with Crippen molar-refractivity contribution in [2.75, 3.05) is 19.7 Å². The van der Waals surface area contributed by atoms with Crippen molar-refractivity contribution in [2.45, 2.75) is 131 Å². The maximum Gasteiger partial charge on any atom is 0.408 e. The highest BCUT2D eigenvalue weighted by Gasteiger charge is 2.42. The second-order valence-corrected chi connectivity index (χ2v) is 14.0. The molecule has 46 heavy (non-hydrogen) atoms. The van der Waals surface area contributed by atoms with Crippen LogP contribution in [0.25, 0.3) is 0 Å². The summed E-state index contributed by atoms with van der Waals surface area (Å²) in [6.45, 7) is 17.5. The van der Waals surface area contributed by atoms with Crippen LogP contribution in [-0.4, -0.2) is 95.8 Å². The summed E-state index contributed by atoms with van der Waals surface area (Å²) in [6, 6.07) is -4.14. The predicted octanol–water partition coefficient (Wildman–Crippen LogP) is 1.98. The zero-order valence-electron chi connectivity index (χ0n) is 29.2. The average molecular weight is 654 g/mol. The van der Waals surface area contributed by atoms with Crippen LogP contribution in [0.3, 0.4) is 0 Å². The quantitative estimate of drug-likeness (QED) is 0.151. The molecule has 1 aliphatic heterocycles. The molecule has 0 aromatic rings. The Labute approximate surface area is 272 Å². The lowest BCUT2D eigenvalue weighted by Crippen LogP contribution is -2.61. The molecule has 1 saturated heterocycles. The number of esters is 1. The summed E-state index contributed by atoms with van der Waals surface area (Å²) in [4.78, 5) is 91.8. The van der Waals surface area contributed by atoms with Crippen LogP contribution >= 0.6 is 0 Å². The van der Waals surface area contributed by atoms with Gasteiger partial charge in [0.15, 0.2) is 0 Å². The van der Waals surface area contributed by atoms with Crippen molar-refractivity contribution in [3.8, 4) is 0 Å². The van der Waals surface area contributed by atoms with E-state index in [1.807, 2.05) is 6.92 Å². The average Bonchev–Trinajstić information content (AvgIpc) is 3.44. The highest BCUT2D eigenvalue weighted by Crippen LogP contribution is 2.23. The van der Waals surface area contributed by atoms with Crippen molar-refractivity contribution in [2.24, 2.45) is 11.3 Å². The van der Waals surface area contributed by atoms with E-state index in [2.05, 4.69) is 21.3 Å². The lowest BCUT2D eigenvalue weighted by Gasteiger charge is -2.35. The largest absolute Gasteiger partial charge is 0.464 e. The molecule has 0 spiro atoms. The van der Waals surface area contributed by atoms with Crippen molar-refractivity contribution in [3.05, 3.63) is 0 Å². The van der Waals surface area contributed by atoms with Gasteiger partial charge in [0.1, 0.15) is 30.3 Å². The zero-order valence-corrected chi connectivity index (χ0v) is 29.2. The summed E-state index contributed by atoms with van der Waals surface area (Å²) < 4.78 is 10.2. The number of rotatable bonds is 15. The number of amides is 5. The number of hydrogen-bond acceptors (Lipinski definition) is 9. The molecule has 14 heteroatoms. The minimum absolute atomic E-state index is 0.169. The number of ketones is 1. The van der Waals surface area contributed by atoms with Crippen LogP contribution < -0.4 is 21.3 Å². The second-order valence-electron chi connectivity index (χ2n) is 14.0. The Morgan fingerprint density at radius 3 is 2.04 bits per heavy atom. The standard InChI is InChI=1S/C32H55N5O9/c1-11-14-20(24(39)27(41)33-18-22(38)45-17-12-2)34-26(40)21-15-13-16-37(21)29(43)23(19(3)4)35-28(42)25(31(5,6)7)36-30(44)46-32(8,9)10/h19-21,23,25H,11-18H2,1-10H3,(H,33,41)(H,34,40)(H,35,42)(H,36,44)/t20?,21-,23-,25+/m0/s1. The summed E-state index contributed by atoms with van der Waals surface area (Å²) in [5, 5.41) is 10.3. The molecule has 0 bridgehead atoms. The van der Waals surface area contributed by atoms with Crippen LogP contribution in [0, 0.1) is 11.3 Å². The number of likely N-dealkylation sites (tertiary alicyclic amines) is 1. The summed E-state index contributed by atoms with van der Waals surface area (Å²) in [6.07, 6.45) is 1.32. The molecule has 14 nitrogen and oxygen atoms in total. The van der Waals surface area contributed by atoms with Gasteiger partial charge in [-0.25, -0.2) is 4.79 Å². The third-order valence-electron chi connectivity index (χ3n) is 7.15. The molecule has 0 saturated carbocycles. The third kappa shape index (κ3) is 13.0. The normalized spacial score (nSPS) is 16.9. The van der Waals surface area contributed by atoms with Gasteiger partial charge in [0.2, 0.25) is 23.5 Å². The smallest absolute Gasteiger partial charge is 0.408 e. The molecular weight excluding hydrogens is 598 g/mol. The highest BCUT2D eigenvalue weighted by atomic mass is 16.6. The zero-order chi connectivity index (χ0) is 35.4. The number of hydrogen-bond donors (Lipinski definition) is 4. The molecule has 1 fully saturated rings. The molecule has 1 aliphatic rings. The van der Waals surface area contributed by atoms with Crippen molar-refractivity contribution in [3.63, 3.8) is 0 Å². The number of carbonyl (C=O) groups is 7. The van der Waals surface area contributed by atoms with Crippen molar-refractivity contribution >= 4 is 41.5 Å². The fourth-order valence-corrected chi connectivity index (χ4v) is 4.82. The Kier molecular flexibility index (Phi) is 15.6. The van der Waals surface area contributed by atoms with Gasteiger partial charge in [0.25, 0.3) is 5.91 Å². The third-order valence-corrected chi connectivity index (χ3v) is 7.15. The fraction of sp³-hybridized carbons (Fsp3) is 0.781. The van der Waals surface area contributed by atoms with E-state index in [4.69, 9.17) is 9.47 Å². The number of Topliss-reactive ketones (excluding diaryl/α,β-unsaturated/α-hetero) is 1. The van der Waals surface area contributed by atoms with Gasteiger partial charge in [-0.15, -0.1) is 0 Å². The van der Waals surface area contributed by atoms with Crippen LogP contribution in [0.2, 0.25) is 0 Å². The first-order valence-electron chi connectivity index (χ1n) is 16.1. The van der Waals surface area contributed by atoms with Crippen molar-refractivity contribution in [1.82, 2.24) is 26.2 Å². The maximum atomic E-state index is 13.8. The van der Waals surface area contributed by atoms with Gasteiger partial charge in [-0.3, -0.25) is 28.8 Å². The number of ether oxygens (including phenoxy) is 2. The van der Waals surface area contributed by atoms with Crippen LogP contribution in [-0.2, 0) is 38.2 Å². The van der Waals surface area contributed by atoms with E-state index in [-0.39, 0.29) is 25.5 Å². The van der Waals surface area contributed by atoms with E-state index in [9.17, 15) is 33.6 Å². The van der Waals surface area contributed by atoms with Crippen LogP contribution in [0.15, 0.2) is 0 Å². The molecule has 1 rings (SSSR count).